The molecule has 0 N–H and O–H groups in total. The van der Waals surface area contributed by atoms with E-state index >= 15 is 0 Å². The van der Waals surface area contributed by atoms with Crippen LogP contribution in [0.4, 0.5) is 0 Å². The Balaban J connectivity index is 3.19. The topological polar surface area (TPSA) is 21.7 Å². The molecule has 3 heteroatoms. The highest BCUT2D eigenvalue weighted by Crippen LogP contribution is 1.90. The van der Waals surface area contributed by atoms with E-state index in [4.69, 9.17) is 9.47 Å². The van der Waals surface area contributed by atoms with E-state index in [0.717, 1.165) is 26.2 Å². The molecule has 0 bridgehead atoms. The molecule has 0 saturated heterocycles. The van der Waals surface area contributed by atoms with Gasteiger partial charge in [-0.2, -0.15) is 0 Å². The van der Waals surface area contributed by atoms with Gasteiger partial charge in [0.05, 0.1) is 19.5 Å². The third kappa shape index (κ3) is 8.08. The lowest BCUT2D eigenvalue weighted by atomic mass is 10.4. The van der Waals surface area contributed by atoms with E-state index in [9.17, 15) is 0 Å². The van der Waals surface area contributed by atoms with Crippen molar-refractivity contribution in [3.8, 4) is 0 Å². The van der Waals surface area contributed by atoms with Crippen LogP contribution >= 0.6 is 0 Å². The van der Waals surface area contributed by atoms with Crippen molar-refractivity contribution in [1.29, 1.82) is 0 Å². The molecule has 84 valence electrons. The van der Waals surface area contributed by atoms with E-state index in [0.29, 0.717) is 13.2 Å². The first-order chi connectivity index (χ1) is 6.85. The van der Waals surface area contributed by atoms with Crippen molar-refractivity contribution in [2.45, 2.75) is 20.3 Å². The normalized spacial score (nSPS) is 10.5. The van der Waals surface area contributed by atoms with Crippen LogP contribution in [-0.4, -0.2) is 44.4 Å². The average molecular weight is 201 g/mol. The van der Waals surface area contributed by atoms with Gasteiger partial charge in [0.25, 0.3) is 0 Å². The van der Waals surface area contributed by atoms with E-state index in [1.807, 2.05) is 0 Å². The van der Waals surface area contributed by atoms with E-state index in [1.165, 1.54) is 12.7 Å². The summed E-state index contributed by atoms with van der Waals surface area (Å²) in [6.45, 7) is 13.1. The third-order valence-electron chi connectivity index (χ3n) is 2.00. The predicted octanol–water partition coefficient (Wildman–Crippen LogP) is 1.89. The molecule has 0 aromatic rings. The van der Waals surface area contributed by atoms with Crippen LogP contribution in [0.3, 0.4) is 0 Å². The summed E-state index contributed by atoms with van der Waals surface area (Å²) < 4.78 is 10.3. The van der Waals surface area contributed by atoms with Crippen molar-refractivity contribution >= 4 is 0 Å². The van der Waals surface area contributed by atoms with Crippen LogP contribution in [0.25, 0.3) is 0 Å². The zero-order chi connectivity index (χ0) is 10.6. The molecule has 0 aliphatic rings. The molecular weight excluding hydrogens is 178 g/mol. The SMILES string of the molecule is C=COCCOCCN(CC)CCC. The number of nitrogens with zero attached hydrogens (tertiary/aromatic N) is 1. The molecule has 0 spiro atoms. The second-order valence-corrected chi connectivity index (χ2v) is 3.08. The lowest BCUT2D eigenvalue weighted by molar-refractivity contribution is 0.0693. The Kier molecular flexibility index (Phi) is 10.1. The van der Waals surface area contributed by atoms with Crippen LogP contribution < -0.4 is 0 Å². The molecule has 0 amide bonds. The van der Waals surface area contributed by atoms with Crippen LogP contribution in [0.5, 0.6) is 0 Å². The summed E-state index contributed by atoms with van der Waals surface area (Å²) in [6.07, 6.45) is 2.65. The molecule has 0 unspecified atom stereocenters. The largest absolute Gasteiger partial charge is 0.499 e. The summed E-state index contributed by atoms with van der Waals surface area (Å²) in [6, 6.07) is 0. The summed E-state index contributed by atoms with van der Waals surface area (Å²) in [5.41, 5.74) is 0. The first-order valence-electron chi connectivity index (χ1n) is 5.37. The number of hydrogen-bond donors (Lipinski definition) is 0. The van der Waals surface area contributed by atoms with Gasteiger partial charge < -0.3 is 14.4 Å². The van der Waals surface area contributed by atoms with Crippen molar-refractivity contribution in [1.82, 2.24) is 4.90 Å². The molecular formula is C11H23NO2. The second kappa shape index (κ2) is 10.5. The molecule has 0 saturated carbocycles. The van der Waals surface area contributed by atoms with Crippen molar-refractivity contribution in [2.75, 3.05) is 39.5 Å². The highest BCUT2D eigenvalue weighted by molar-refractivity contribution is 4.53. The molecule has 3 nitrogen and oxygen atoms in total. The molecule has 0 radical (unpaired) electrons. The summed E-state index contributed by atoms with van der Waals surface area (Å²) >= 11 is 0. The first kappa shape index (κ1) is 13.5. The van der Waals surface area contributed by atoms with Crippen LogP contribution in [0.1, 0.15) is 20.3 Å². The fraction of sp³-hybridized carbons (Fsp3) is 0.818. The molecule has 0 fully saturated rings. The minimum Gasteiger partial charge on any atom is -0.499 e. The summed E-state index contributed by atoms with van der Waals surface area (Å²) in [5.74, 6) is 0. The van der Waals surface area contributed by atoms with Crippen molar-refractivity contribution in [3.63, 3.8) is 0 Å². The predicted molar refractivity (Wildman–Crippen MR) is 59.4 cm³/mol. The van der Waals surface area contributed by atoms with Gasteiger partial charge >= 0.3 is 0 Å². The first-order valence-corrected chi connectivity index (χ1v) is 5.37. The van der Waals surface area contributed by atoms with Crippen molar-refractivity contribution in [2.24, 2.45) is 0 Å². The lowest BCUT2D eigenvalue weighted by Gasteiger charge is -2.19. The molecule has 0 rings (SSSR count). The Morgan fingerprint density at radius 1 is 1.14 bits per heavy atom. The zero-order valence-electron chi connectivity index (χ0n) is 9.50. The van der Waals surface area contributed by atoms with Gasteiger partial charge in [0, 0.05) is 6.54 Å². The molecule has 0 aromatic carbocycles. The highest BCUT2D eigenvalue weighted by Gasteiger charge is 1.99. The van der Waals surface area contributed by atoms with Crippen LogP contribution in [0, 0.1) is 0 Å². The summed E-state index contributed by atoms with van der Waals surface area (Å²) in [5, 5.41) is 0. The minimum absolute atomic E-state index is 0.601. The van der Waals surface area contributed by atoms with Gasteiger partial charge in [-0.3, -0.25) is 0 Å². The van der Waals surface area contributed by atoms with Crippen molar-refractivity contribution < 1.29 is 9.47 Å². The van der Waals surface area contributed by atoms with E-state index in [1.54, 1.807) is 0 Å². The van der Waals surface area contributed by atoms with Crippen LogP contribution in [0.2, 0.25) is 0 Å². The maximum atomic E-state index is 5.40. The maximum Gasteiger partial charge on any atom is 0.111 e. The smallest absolute Gasteiger partial charge is 0.111 e. The number of rotatable bonds is 10. The molecule has 0 aliphatic heterocycles. The monoisotopic (exact) mass is 201 g/mol. The molecule has 0 atom stereocenters. The summed E-state index contributed by atoms with van der Waals surface area (Å²) in [7, 11) is 0. The molecule has 0 aromatic heterocycles. The van der Waals surface area contributed by atoms with Gasteiger partial charge in [-0.15, -0.1) is 0 Å². The second-order valence-electron chi connectivity index (χ2n) is 3.08. The zero-order valence-corrected chi connectivity index (χ0v) is 9.50. The number of likely N-dealkylation sites (N-methyl/N-ethyl adjacent to an activating group) is 1. The molecule has 14 heavy (non-hydrogen) atoms. The Bertz CT molecular complexity index is 128. The quantitative estimate of drug-likeness (QED) is 0.398. The standard InChI is InChI=1S/C11H23NO2/c1-4-7-12(5-2)8-9-14-11-10-13-6-3/h6H,3-5,7-11H2,1-2H3. The molecule has 0 heterocycles. The Labute approximate surface area is 87.7 Å². The van der Waals surface area contributed by atoms with Gasteiger partial charge in [-0.1, -0.05) is 20.4 Å². The van der Waals surface area contributed by atoms with Crippen LogP contribution in [0.15, 0.2) is 12.8 Å². The van der Waals surface area contributed by atoms with Gasteiger partial charge in [-0.05, 0) is 19.5 Å². The fourth-order valence-corrected chi connectivity index (χ4v) is 1.23. The van der Waals surface area contributed by atoms with Gasteiger partial charge in [0.2, 0.25) is 0 Å². The molecule has 0 aliphatic carbocycles. The highest BCUT2D eigenvalue weighted by atomic mass is 16.5. The maximum absolute atomic E-state index is 5.40. The Hall–Kier alpha value is -0.540. The lowest BCUT2D eigenvalue weighted by Crippen LogP contribution is -2.28. The van der Waals surface area contributed by atoms with E-state index in [2.05, 4.69) is 25.3 Å². The van der Waals surface area contributed by atoms with E-state index < -0.39 is 0 Å². The van der Waals surface area contributed by atoms with Crippen molar-refractivity contribution in [3.05, 3.63) is 12.8 Å². The fourth-order valence-electron chi connectivity index (χ4n) is 1.23. The minimum atomic E-state index is 0.601. The average Bonchev–Trinajstić information content (AvgIpc) is 2.21. The summed E-state index contributed by atoms with van der Waals surface area (Å²) in [4.78, 5) is 2.38. The van der Waals surface area contributed by atoms with E-state index in [-0.39, 0.29) is 0 Å². The van der Waals surface area contributed by atoms with Crippen LogP contribution in [-0.2, 0) is 9.47 Å². The number of ether oxygens (including phenoxy) is 2. The Morgan fingerprint density at radius 3 is 2.50 bits per heavy atom. The van der Waals surface area contributed by atoms with Gasteiger partial charge in [0.1, 0.15) is 6.61 Å². The third-order valence-corrected chi connectivity index (χ3v) is 2.00. The van der Waals surface area contributed by atoms with Gasteiger partial charge in [-0.25, -0.2) is 0 Å². The Morgan fingerprint density at radius 2 is 1.93 bits per heavy atom. The van der Waals surface area contributed by atoms with Gasteiger partial charge in [0.15, 0.2) is 0 Å². The number of hydrogen-bond acceptors (Lipinski definition) is 3.